The van der Waals surface area contributed by atoms with Crippen molar-refractivity contribution < 1.29 is 23.4 Å². The maximum Gasteiger partial charge on any atom is 0.322 e. The van der Waals surface area contributed by atoms with Crippen molar-refractivity contribution in [1.29, 1.82) is 0 Å². The van der Waals surface area contributed by atoms with Gasteiger partial charge in [0.15, 0.2) is 11.5 Å². The Hall–Kier alpha value is -3.20. The normalized spacial score (nSPS) is 10.6. The fourth-order valence-corrected chi connectivity index (χ4v) is 3.60. The van der Waals surface area contributed by atoms with Crippen LogP contribution in [-0.2, 0) is 0 Å². The Labute approximate surface area is 191 Å². The second-order valence-electron chi connectivity index (χ2n) is 6.42. The SMILES string of the molecule is CCOc1cc(-c2nnc(NC(=O)c3ccc(SCC)cc3)o2)cc(OCC)c1OCC. The lowest BCUT2D eigenvalue weighted by Crippen LogP contribution is -2.11. The molecule has 0 aliphatic rings. The molecule has 0 radical (unpaired) electrons. The summed E-state index contributed by atoms with van der Waals surface area (Å²) in [7, 11) is 0. The first kappa shape index (κ1) is 23.5. The molecule has 0 aliphatic heterocycles. The first-order valence-electron chi connectivity index (χ1n) is 10.5. The van der Waals surface area contributed by atoms with Gasteiger partial charge in [-0.15, -0.1) is 16.9 Å². The fourth-order valence-electron chi connectivity index (χ4n) is 2.94. The molecule has 170 valence electrons. The highest BCUT2D eigenvalue weighted by Crippen LogP contribution is 2.41. The molecular weight excluding hydrogens is 430 g/mol. The van der Waals surface area contributed by atoms with E-state index < -0.39 is 0 Å². The molecule has 0 saturated heterocycles. The third-order valence-electron chi connectivity index (χ3n) is 4.23. The van der Waals surface area contributed by atoms with E-state index in [4.69, 9.17) is 18.6 Å². The predicted molar refractivity (Wildman–Crippen MR) is 124 cm³/mol. The predicted octanol–water partition coefficient (Wildman–Crippen LogP) is 5.30. The molecule has 3 aromatic rings. The number of anilines is 1. The summed E-state index contributed by atoms with van der Waals surface area (Å²) in [6, 6.07) is 10.8. The highest BCUT2D eigenvalue weighted by atomic mass is 32.2. The summed E-state index contributed by atoms with van der Waals surface area (Å²) in [6.07, 6.45) is 0. The zero-order valence-corrected chi connectivity index (χ0v) is 19.5. The number of benzene rings is 2. The highest BCUT2D eigenvalue weighted by Gasteiger charge is 2.19. The molecule has 9 heteroatoms. The van der Waals surface area contributed by atoms with E-state index >= 15 is 0 Å². The number of hydrogen-bond acceptors (Lipinski definition) is 8. The maximum atomic E-state index is 12.5. The van der Waals surface area contributed by atoms with E-state index in [0.717, 1.165) is 10.6 Å². The summed E-state index contributed by atoms with van der Waals surface area (Å²) in [5.41, 5.74) is 1.10. The van der Waals surface area contributed by atoms with Crippen LogP contribution in [0.2, 0.25) is 0 Å². The second-order valence-corrected chi connectivity index (χ2v) is 7.76. The molecule has 1 N–H and O–H groups in total. The van der Waals surface area contributed by atoms with Gasteiger partial charge in [0.2, 0.25) is 11.6 Å². The molecule has 0 unspecified atom stereocenters. The number of thioether (sulfide) groups is 1. The van der Waals surface area contributed by atoms with Gasteiger partial charge in [-0.05, 0) is 62.9 Å². The lowest BCUT2D eigenvalue weighted by molar-refractivity contribution is 0.102. The molecule has 32 heavy (non-hydrogen) atoms. The van der Waals surface area contributed by atoms with Gasteiger partial charge >= 0.3 is 6.01 Å². The van der Waals surface area contributed by atoms with Gasteiger partial charge in [0.1, 0.15) is 0 Å². The Morgan fingerprint density at radius 3 is 2.12 bits per heavy atom. The number of hydrogen-bond donors (Lipinski definition) is 1. The van der Waals surface area contributed by atoms with Gasteiger partial charge in [-0.25, -0.2) is 0 Å². The van der Waals surface area contributed by atoms with Crippen molar-refractivity contribution in [3.63, 3.8) is 0 Å². The molecule has 0 fully saturated rings. The van der Waals surface area contributed by atoms with Gasteiger partial charge in [0.05, 0.1) is 19.8 Å². The Balaban J connectivity index is 1.82. The zero-order valence-electron chi connectivity index (χ0n) is 18.6. The number of carbonyl (C=O) groups is 1. The van der Waals surface area contributed by atoms with Crippen LogP contribution >= 0.6 is 11.8 Å². The molecule has 0 spiro atoms. The van der Waals surface area contributed by atoms with Crippen LogP contribution in [0.3, 0.4) is 0 Å². The van der Waals surface area contributed by atoms with Crippen molar-refractivity contribution in [2.75, 3.05) is 30.9 Å². The molecule has 8 nitrogen and oxygen atoms in total. The minimum Gasteiger partial charge on any atom is -0.490 e. The number of carbonyl (C=O) groups excluding carboxylic acids is 1. The van der Waals surface area contributed by atoms with Gasteiger partial charge in [-0.2, -0.15) is 0 Å². The molecule has 0 saturated carbocycles. The summed E-state index contributed by atoms with van der Waals surface area (Å²) in [5, 5.41) is 10.7. The molecule has 0 atom stereocenters. The topological polar surface area (TPSA) is 95.7 Å². The van der Waals surface area contributed by atoms with E-state index in [1.807, 2.05) is 32.9 Å². The first-order chi connectivity index (χ1) is 15.6. The van der Waals surface area contributed by atoms with Crippen molar-refractivity contribution in [2.24, 2.45) is 0 Å². The third-order valence-corrected chi connectivity index (χ3v) is 5.12. The van der Waals surface area contributed by atoms with Crippen LogP contribution in [0.1, 0.15) is 38.1 Å². The summed E-state index contributed by atoms with van der Waals surface area (Å²) < 4.78 is 22.9. The van der Waals surface area contributed by atoms with E-state index in [1.165, 1.54) is 0 Å². The van der Waals surface area contributed by atoms with Crippen LogP contribution in [0.4, 0.5) is 6.01 Å². The Morgan fingerprint density at radius 1 is 0.938 bits per heavy atom. The molecule has 1 heterocycles. The minimum atomic E-state index is -0.329. The van der Waals surface area contributed by atoms with Crippen LogP contribution in [0.15, 0.2) is 45.7 Å². The Bertz CT molecular complexity index is 1010. The van der Waals surface area contributed by atoms with E-state index in [-0.39, 0.29) is 17.8 Å². The average Bonchev–Trinajstić information content (AvgIpc) is 3.25. The van der Waals surface area contributed by atoms with E-state index in [0.29, 0.717) is 48.2 Å². The van der Waals surface area contributed by atoms with Gasteiger partial charge in [0.25, 0.3) is 5.91 Å². The second kappa shape index (κ2) is 11.4. The van der Waals surface area contributed by atoms with Crippen molar-refractivity contribution >= 4 is 23.7 Å². The van der Waals surface area contributed by atoms with Crippen LogP contribution in [0.25, 0.3) is 11.5 Å². The molecule has 2 aromatic carbocycles. The maximum absolute atomic E-state index is 12.5. The van der Waals surface area contributed by atoms with Crippen molar-refractivity contribution in [3.05, 3.63) is 42.0 Å². The number of aromatic nitrogens is 2. The van der Waals surface area contributed by atoms with E-state index in [2.05, 4.69) is 22.4 Å². The average molecular weight is 458 g/mol. The highest BCUT2D eigenvalue weighted by molar-refractivity contribution is 7.99. The molecular formula is C23H27N3O5S. The number of nitrogens with one attached hydrogen (secondary N) is 1. The van der Waals surface area contributed by atoms with Crippen LogP contribution < -0.4 is 19.5 Å². The monoisotopic (exact) mass is 457 g/mol. The number of ether oxygens (including phenoxy) is 3. The van der Waals surface area contributed by atoms with E-state index in [9.17, 15) is 4.79 Å². The lowest BCUT2D eigenvalue weighted by atomic mass is 10.2. The quantitative estimate of drug-likeness (QED) is 0.388. The lowest BCUT2D eigenvalue weighted by Gasteiger charge is -2.16. The van der Waals surface area contributed by atoms with Crippen molar-refractivity contribution in [1.82, 2.24) is 10.2 Å². The third kappa shape index (κ3) is 5.73. The van der Waals surface area contributed by atoms with Gasteiger partial charge in [-0.1, -0.05) is 12.0 Å². The first-order valence-corrected chi connectivity index (χ1v) is 11.5. The van der Waals surface area contributed by atoms with E-state index in [1.54, 1.807) is 36.0 Å². The summed E-state index contributed by atoms with van der Waals surface area (Å²) in [6.45, 7) is 9.12. The Kier molecular flexibility index (Phi) is 8.38. The summed E-state index contributed by atoms with van der Waals surface area (Å²) >= 11 is 1.71. The molecule has 3 rings (SSSR count). The molecule has 0 aliphatic carbocycles. The van der Waals surface area contributed by atoms with Crippen LogP contribution in [0.5, 0.6) is 17.2 Å². The fraction of sp³-hybridized carbons (Fsp3) is 0.348. The van der Waals surface area contributed by atoms with Crippen molar-refractivity contribution in [3.8, 4) is 28.7 Å². The van der Waals surface area contributed by atoms with Gasteiger partial charge in [-0.3, -0.25) is 10.1 Å². The van der Waals surface area contributed by atoms with Crippen LogP contribution in [-0.4, -0.2) is 41.7 Å². The number of nitrogens with zero attached hydrogens (tertiary/aromatic N) is 2. The summed E-state index contributed by atoms with van der Waals surface area (Å²) in [4.78, 5) is 13.6. The molecule has 0 bridgehead atoms. The minimum absolute atomic E-state index is 0.00168. The molecule has 1 amide bonds. The smallest absolute Gasteiger partial charge is 0.322 e. The number of rotatable bonds is 11. The largest absolute Gasteiger partial charge is 0.490 e. The standard InChI is InChI=1S/C23H27N3O5S/c1-5-28-18-13-16(14-19(29-6-2)20(18)30-7-3)22-25-26-23(31-22)24-21(27)15-9-11-17(12-10-15)32-8-4/h9-14H,5-8H2,1-4H3,(H,24,26,27). The van der Waals surface area contributed by atoms with Crippen molar-refractivity contribution in [2.45, 2.75) is 32.6 Å². The Morgan fingerprint density at radius 2 is 1.56 bits per heavy atom. The summed E-state index contributed by atoms with van der Waals surface area (Å²) in [5.74, 6) is 2.42. The van der Waals surface area contributed by atoms with Crippen LogP contribution in [0, 0.1) is 0 Å². The number of amides is 1. The van der Waals surface area contributed by atoms with Gasteiger partial charge < -0.3 is 18.6 Å². The van der Waals surface area contributed by atoms with Gasteiger partial charge in [0, 0.05) is 16.0 Å². The zero-order chi connectivity index (χ0) is 22.9. The molecule has 1 aromatic heterocycles.